The molecule has 1 saturated carbocycles. The number of anilines is 1. The van der Waals surface area contributed by atoms with E-state index in [0.29, 0.717) is 19.0 Å². The van der Waals surface area contributed by atoms with Crippen LogP contribution in [-0.2, 0) is 9.59 Å². The molecule has 0 saturated heterocycles. The lowest BCUT2D eigenvalue weighted by atomic mass is 10.2. The van der Waals surface area contributed by atoms with Crippen LogP contribution in [0.25, 0.3) is 0 Å². The maximum atomic E-state index is 11.7. The van der Waals surface area contributed by atoms with Gasteiger partial charge in [-0.3, -0.25) is 9.59 Å². The van der Waals surface area contributed by atoms with Crippen molar-refractivity contribution in [3.63, 3.8) is 0 Å². The number of rotatable bonds is 7. The number of para-hydroxylation sites is 1. The molecule has 2 rings (SSSR count). The van der Waals surface area contributed by atoms with Crippen molar-refractivity contribution in [2.45, 2.75) is 32.2 Å². The molecule has 0 aliphatic heterocycles. The number of carbonyl (C=O) groups excluding carboxylic acids is 2. The first-order chi connectivity index (χ1) is 9.65. The third-order valence-corrected chi connectivity index (χ3v) is 3.18. The Hall–Kier alpha value is -1.88. The number of aryl methyl sites for hydroxylation is 1. The molecule has 0 bridgehead atoms. The minimum Gasteiger partial charge on any atom is -0.353 e. The van der Waals surface area contributed by atoms with Crippen molar-refractivity contribution in [1.82, 2.24) is 10.6 Å². The number of benzene rings is 1. The average molecular weight is 275 g/mol. The van der Waals surface area contributed by atoms with Gasteiger partial charge >= 0.3 is 0 Å². The standard InChI is InChI=1S/C15H21N3O2/c1-11-4-2-3-5-13(11)18-15(20)10-16-9-8-14(19)17-12-6-7-12/h2-5,12,16H,6-10H2,1H3,(H,17,19)(H,18,20). The summed E-state index contributed by atoms with van der Waals surface area (Å²) in [5, 5.41) is 8.72. The van der Waals surface area contributed by atoms with Crippen molar-refractivity contribution in [2.75, 3.05) is 18.4 Å². The Morgan fingerprint density at radius 2 is 1.95 bits per heavy atom. The fraction of sp³-hybridized carbons (Fsp3) is 0.467. The first kappa shape index (κ1) is 14.5. The van der Waals surface area contributed by atoms with Gasteiger partial charge in [-0.05, 0) is 31.4 Å². The Labute approximate surface area is 119 Å². The summed E-state index contributed by atoms with van der Waals surface area (Å²) in [6, 6.07) is 8.04. The van der Waals surface area contributed by atoms with Crippen molar-refractivity contribution < 1.29 is 9.59 Å². The van der Waals surface area contributed by atoms with Crippen LogP contribution in [0.1, 0.15) is 24.8 Å². The fourth-order valence-corrected chi connectivity index (χ4v) is 1.84. The summed E-state index contributed by atoms with van der Waals surface area (Å²) in [7, 11) is 0. The Balaban J connectivity index is 1.60. The highest BCUT2D eigenvalue weighted by atomic mass is 16.2. The second kappa shape index (κ2) is 7.05. The van der Waals surface area contributed by atoms with Crippen LogP contribution in [0.5, 0.6) is 0 Å². The van der Waals surface area contributed by atoms with Gasteiger partial charge in [0.1, 0.15) is 0 Å². The molecule has 3 N–H and O–H groups in total. The third-order valence-electron chi connectivity index (χ3n) is 3.18. The van der Waals surface area contributed by atoms with Crippen LogP contribution in [0.2, 0.25) is 0 Å². The fourth-order valence-electron chi connectivity index (χ4n) is 1.84. The molecule has 1 aliphatic carbocycles. The van der Waals surface area contributed by atoms with Crippen LogP contribution in [0.4, 0.5) is 5.69 Å². The van der Waals surface area contributed by atoms with E-state index in [1.165, 1.54) is 0 Å². The maximum absolute atomic E-state index is 11.7. The molecule has 1 aromatic carbocycles. The molecule has 0 aromatic heterocycles. The van der Waals surface area contributed by atoms with Crippen molar-refractivity contribution in [3.05, 3.63) is 29.8 Å². The number of amides is 2. The summed E-state index contributed by atoms with van der Waals surface area (Å²) in [5.41, 5.74) is 1.86. The summed E-state index contributed by atoms with van der Waals surface area (Å²) < 4.78 is 0. The highest BCUT2D eigenvalue weighted by Gasteiger charge is 2.22. The molecular formula is C15H21N3O2. The number of carbonyl (C=O) groups is 2. The topological polar surface area (TPSA) is 70.2 Å². The van der Waals surface area contributed by atoms with Crippen molar-refractivity contribution in [3.8, 4) is 0 Å². The molecule has 1 aliphatic rings. The second-order valence-corrected chi connectivity index (χ2v) is 5.13. The summed E-state index contributed by atoms with van der Waals surface area (Å²) in [6.07, 6.45) is 2.60. The van der Waals surface area contributed by atoms with E-state index in [-0.39, 0.29) is 18.4 Å². The normalized spacial score (nSPS) is 13.8. The molecule has 0 atom stereocenters. The molecule has 0 spiro atoms. The molecule has 0 heterocycles. The van der Waals surface area contributed by atoms with Gasteiger partial charge in [-0.15, -0.1) is 0 Å². The average Bonchev–Trinajstić information content (AvgIpc) is 3.21. The monoisotopic (exact) mass is 275 g/mol. The van der Waals surface area contributed by atoms with Gasteiger partial charge in [0.05, 0.1) is 6.54 Å². The summed E-state index contributed by atoms with van der Waals surface area (Å²) in [4.78, 5) is 23.1. The van der Waals surface area contributed by atoms with E-state index >= 15 is 0 Å². The first-order valence-corrected chi connectivity index (χ1v) is 7.00. The molecule has 20 heavy (non-hydrogen) atoms. The van der Waals surface area contributed by atoms with Crippen LogP contribution >= 0.6 is 0 Å². The van der Waals surface area contributed by atoms with E-state index in [0.717, 1.165) is 24.1 Å². The molecule has 0 unspecified atom stereocenters. The Morgan fingerprint density at radius 3 is 2.65 bits per heavy atom. The zero-order valence-electron chi connectivity index (χ0n) is 11.7. The lowest BCUT2D eigenvalue weighted by molar-refractivity contribution is -0.121. The predicted octanol–water partition coefficient (Wildman–Crippen LogP) is 1.19. The molecule has 5 heteroatoms. The first-order valence-electron chi connectivity index (χ1n) is 7.00. The molecule has 2 amide bonds. The SMILES string of the molecule is Cc1ccccc1NC(=O)CNCCC(=O)NC1CC1. The van der Waals surface area contributed by atoms with Gasteiger partial charge in [-0.1, -0.05) is 18.2 Å². The molecule has 1 fully saturated rings. The molecular weight excluding hydrogens is 254 g/mol. The highest BCUT2D eigenvalue weighted by molar-refractivity contribution is 5.92. The predicted molar refractivity (Wildman–Crippen MR) is 78.5 cm³/mol. The van der Waals surface area contributed by atoms with E-state index in [2.05, 4.69) is 16.0 Å². The van der Waals surface area contributed by atoms with E-state index in [1.54, 1.807) is 0 Å². The van der Waals surface area contributed by atoms with Crippen molar-refractivity contribution in [2.24, 2.45) is 0 Å². The Kier molecular flexibility index (Phi) is 5.12. The van der Waals surface area contributed by atoms with Gasteiger partial charge in [-0.2, -0.15) is 0 Å². The van der Waals surface area contributed by atoms with Gasteiger partial charge in [0, 0.05) is 24.7 Å². The molecule has 108 valence electrons. The van der Waals surface area contributed by atoms with Crippen molar-refractivity contribution >= 4 is 17.5 Å². The lowest BCUT2D eigenvalue weighted by Gasteiger charge is -2.09. The van der Waals surface area contributed by atoms with E-state index < -0.39 is 0 Å². The maximum Gasteiger partial charge on any atom is 0.238 e. The zero-order valence-corrected chi connectivity index (χ0v) is 11.7. The quantitative estimate of drug-likeness (QED) is 0.655. The largest absolute Gasteiger partial charge is 0.353 e. The van der Waals surface area contributed by atoms with Crippen LogP contribution in [-0.4, -0.2) is 30.9 Å². The van der Waals surface area contributed by atoms with E-state index in [1.807, 2.05) is 31.2 Å². The smallest absolute Gasteiger partial charge is 0.238 e. The van der Waals surface area contributed by atoms with Crippen LogP contribution < -0.4 is 16.0 Å². The molecule has 0 radical (unpaired) electrons. The van der Waals surface area contributed by atoms with E-state index in [4.69, 9.17) is 0 Å². The van der Waals surface area contributed by atoms with Gasteiger partial charge < -0.3 is 16.0 Å². The summed E-state index contributed by atoms with van der Waals surface area (Å²) in [5.74, 6) is -0.0405. The minimum absolute atomic E-state index is 0.0549. The van der Waals surface area contributed by atoms with Crippen LogP contribution in [0.3, 0.4) is 0 Å². The number of hydrogen-bond acceptors (Lipinski definition) is 3. The van der Waals surface area contributed by atoms with Crippen LogP contribution in [0.15, 0.2) is 24.3 Å². The minimum atomic E-state index is -0.0955. The van der Waals surface area contributed by atoms with Gasteiger partial charge in [0.2, 0.25) is 11.8 Å². The zero-order chi connectivity index (χ0) is 14.4. The Bertz CT molecular complexity index is 484. The van der Waals surface area contributed by atoms with Gasteiger partial charge in [0.15, 0.2) is 0 Å². The van der Waals surface area contributed by atoms with Crippen molar-refractivity contribution in [1.29, 1.82) is 0 Å². The Morgan fingerprint density at radius 1 is 1.20 bits per heavy atom. The van der Waals surface area contributed by atoms with E-state index in [9.17, 15) is 9.59 Å². The second-order valence-electron chi connectivity index (χ2n) is 5.13. The number of hydrogen-bond donors (Lipinski definition) is 3. The van der Waals surface area contributed by atoms with Gasteiger partial charge in [0.25, 0.3) is 0 Å². The lowest BCUT2D eigenvalue weighted by Crippen LogP contribution is -2.33. The third kappa shape index (κ3) is 5.01. The van der Waals surface area contributed by atoms with Crippen LogP contribution in [0, 0.1) is 6.92 Å². The summed E-state index contributed by atoms with van der Waals surface area (Å²) in [6.45, 7) is 2.68. The van der Waals surface area contributed by atoms with Gasteiger partial charge in [-0.25, -0.2) is 0 Å². The number of nitrogens with one attached hydrogen (secondary N) is 3. The summed E-state index contributed by atoms with van der Waals surface area (Å²) >= 11 is 0. The molecule has 1 aromatic rings. The molecule has 5 nitrogen and oxygen atoms in total. The highest BCUT2D eigenvalue weighted by Crippen LogP contribution is 2.18.